The van der Waals surface area contributed by atoms with E-state index in [1.54, 1.807) is 0 Å². The summed E-state index contributed by atoms with van der Waals surface area (Å²) >= 11 is 2.07. The van der Waals surface area contributed by atoms with Gasteiger partial charge >= 0.3 is 0 Å². The number of likely N-dealkylation sites (tertiary alicyclic amines) is 9. The van der Waals surface area contributed by atoms with E-state index >= 15 is 0 Å². The standard InChI is InChI=1S/C12H23N.C12H25N.4C11H23N.C10H19F2N.C10H20FN.C10H21N.C9H19NO.C9H19NS/c1-9(2)11-7-12(5-6-12)8-13(11)10(3)4;1-9(2)11-7-12(5,6)8-13(11)10(3)4;2*1-8(2)11-6-10(5)7-12(11)9(3)4;1-9(2)11(5)7-6-8-12(11)10(3)4;1-8(2)11-7-6-10(5)12(11)9(3)4;1-7(2)9-5-10(11,12)6-13(9)8(3)4;1-7(2)10-5-9(11)6-12(10)8(3)4;1-8(2)10-6-5-7-11(10)9(3)4;2*1-7(2)9-5-11-6-10(9)8(3)4/h9-11H,5-8H2,1-4H3;9-11H,7-8H2,1-6H3;2*8-11H,6-7H2,1-5H3;9-10H,6-8H2,1-5H3;8-11H,6-7H2,1-5H3;7-9H,5-6H2,1-4H3;7-10H,5-6H2,1-4H3;8-10H,5-7H2,1-4H3;2*7-9H,5-6H2,1-4H3. The van der Waals surface area contributed by atoms with Crippen LogP contribution in [-0.4, -0.2) is 282 Å². The Labute approximate surface area is 830 Å². The van der Waals surface area contributed by atoms with Gasteiger partial charge in [0.25, 0.3) is 5.92 Å². The molecule has 132 heavy (non-hydrogen) atoms. The van der Waals surface area contributed by atoms with Gasteiger partial charge in [-0.2, -0.15) is 0 Å². The van der Waals surface area contributed by atoms with E-state index in [0.29, 0.717) is 71.5 Å². The molecule has 12 nitrogen and oxygen atoms in total. The van der Waals surface area contributed by atoms with Crippen LogP contribution >= 0.6 is 11.8 Å². The molecule has 11 heterocycles. The molecule has 12 rings (SSSR count). The highest BCUT2D eigenvalue weighted by Crippen LogP contribution is 2.56. The van der Waals surface area contributed by atoms with Gasteiger partial charge in [0.2, 0.25) is 0 Å². The second-order valence-corrected chi connectivity index (χ2v) is 53.5. The monoisotopic (exact) mass is 1890 g/mol. The van der Waals surface area contributed by atoms with Crippen molar-refractivity contribution in [3.8, 4) is 0 Å². The summed E-state index contributed by atoms with van der Waals surface area (Å²) in [5.74, 6) is 10.0. The van der Waals surface area contributed by atoms with Crippen LogP contribution in [0, 0.1) is 87.8 Å². The third-order valence-corrected chi connectivity index (χ3v) is 34.2. The molecular formula is C116H238F3N11OS. The first kappa shape index (κ1) is 128. The Morgan fingerprint density at radius 1 is 0.318 bits per heavy atom. The van der Waals surface area contributed by atoms with Crippen molar-refractivity contribution < 1.29 is 17.9 Å². The Hall–Kier alpha value is -0.340. The number of alkyl halides is 3. The number of rotatable bonds is 22. The third kappa shape index (κ3) is 41.0. The normalized spacial score (nSPS) is 30.4. The second-order valence-electron chi connectivity index (χ2n) is 52.5. The van der Waals surface area contributed by atoms with Crippen LogP contribution in [0.4, 0.5) is 13.2 Å². The van der Waals surface area contributed by atoms with Crippen LogP contribution in [0.15, 0.2) is 0 Å². The first-order valence-corrected chi connectivity index (χ1v) is 57.4. The number of hydrogen-bond donors (Lipinski definition) is 0. The summed E-state index contributed by atoms with van der Waals surface area (Å²) in [5, 5.41) is 0. The summed E-state index contributed by atoms with van der Waals surface area (Å²) in [4.78, 5) is 28.0. The predicted octanol–water partition coefficient (Wildman–Crippen LogP) is 29.3. The summed E-state index contributed by atoms with van der Waals surface area (Å²) in [5.41, 5.74) is 1.77. The van der Waals surface area contributed by atoms with Crippen LogP contribution in [0.25, 0.3) is 0 Å². The minimum absolute atomic E-state index is 0.0306. The van der Waals surface area contributed by atoms with E-state index < -0.39 is 12.1 Å². The smallest absolute Gasteiger partial charge is 0.262 e. The van der Waals surface area contributed by atoms with Gasteiger partial charge in [0, 0.05) is 189 Å². The van der Waals surface area contributed by atoms with Crippen molar-refractivity contribution in [3.63, 3.8) is 0 Å². The maximum absolute atomic E-state index is 13.1. The molecule has 0 aromatic carbocycles. The molecule has 12 aliphatic rings. The Morgan fingerprint density at radius 3 is 1.00 bits per heavy atom. The highest BCUT2D eigenvalue weighted by molar-refractivity contribution is 7.99. The van der Waals surface area contributed by atoms with Gasteiger partial charge in [0.1, 0.15) is 6.17 Å². The first-order chi connectivity index (χ1) is 60.7. The molecule has 0 amide bonds. The maximum Gasteiger partial charge on any atom is 0.262 e. The van der Waals surface area contributed by atoms with Crippen LogP contribution in [0.3, 0.4) is 0 Å². The van der Waals surface area contributed by atoms with Gasteiger partial charge in [-0.25, -0.2) is 13.2 Å². The molecule has 0 N–H and O–H groups in total. The molecule has 790 valence electrons. The van der Waals surface area contributed by atoms with Crippen molar-refractivity contribution in [2.75, 3.05) is 77.3 Å². The van der Waals surface area contributed by atoms with Gasteiger partial charge in [-0.15, -0.1) is 11.8 Å². The van der Waals surface area contributed by atoms with Crippen molar-refractivity contribution in [3.05, 3.63) is 0 Å². The lowest BCUT2D eigenvalue weighted by atomic mass is 9.85. The number of ether oxygens (including phenoxy) is 1. The lowest BCUT2D eigenvalue weighted by Gasteiger charge is -2.41. The molecular weight excluding hydrogens is 1650 g/mol. The molecule has 16 heteroatoms. The highest BCUT2D eigenvalue weighted by atomic mass is 32.2. The fourth-order valence-electron chi connectivity index (χ4n) is 24.7. The van der Waals surface area contributed by atoms with E-state index in [1.807, 2.05) is 32.6 Å². The number of thioether (sulfide) groups is 1. The van der Waals surface area contributed by atoms with E-state index in [9.17, 15) is 13.2 Å². The molecule has 1 spiro atoms. The zero-order valence-corrected chi connectivity index (χ0v) is 98.9. The van der Waals surface area contributed by atoms with Gasteiger partial charge in [-0.1, -0.05) is 180 Å². The van der Waals surface area contributed by atoms with Crippen molar-refractivity contribution >= 4 is 11.8 Å². The summed E-state index contributed by atoms with van der Waals surface area (Å²) in [7, 11) is 0. The number of hydrogen-bond acceptors (Lipinski definition) is 13. The van der Waals surface area contributed by atoms with Crippen molar-refractivity contribution in [1.29, 1.82) is 0 Å². The molecule has 11 saturated heterocycles. The van der Waals surface area contributed by atoms with Crippen LogP contribution in [0.1, 0.15) is 436 Å². The quantitative estimate of drug-likeness (QED) is 0.103. The molecule has 0 radical (unpaired) electrons. The largest absolute Gasteiger partial charge is 0.364 e. The SMILES string of the molecule is CC(C)C1CC(C)(C)CN1C(C)C.CC(C)C1CC(F)(F)CN1C(C)C.CC(C)C1CC(F)CN1C(C)C.CC(C)C1CC2(CC2)CN1C(C)C.CC(C)C1CCC(C)N1C(C)C.CC(C)C1CCCN1C(C)C.CC(C)C1COCN1C(C)C.CC(C)C1CSCN1C(C)C.CC(C)N1CCCC1(C)C(C)C.CC1CC(C(C)C)N(C(C)C)C1.CC1CC(C(C)C)N(C(C)C)C1. The third-order valence-electron chi connectivity index (χ3n) is 33.1. The van der Waals surface area contributed by atoms with Crippen LogP contribution in [-0.2, 0) is 4.74 Å². The average Bonchev–Trinajstić information content (AvgIpc) is 1.59. The van der Waals surface area contributed by atoms with Gasteiger partial charge in [-0.3, -0.25) is 53.9 Å². The summed E-state index contributed by atoms with van der Waals surface area (Å²) < 4.78 is 44.8. The highest BCUT2D eigenvalue weighted by Gasteiger charge is 2.53. The van der Waals surface area contributed by atoms with Gasteiger partial charge in [0.15, 0.2) is 0 Å². The van der Waals surface area contributed by atoms with Crippen LogP contribution in [0.5, 0.6) is 0 Å². The molecule has 0 bridgehead atoms. The summed E-state index contributed by atoms with van der Waals surface area (Å²) in [6.07, 6.45) is 17.2. The lowest BCUT2D eigenvalue weighted by molar-refractivity contribution is 0.00913. The first-order valence-electron chi connectivity index (χ1n) is 56.2. The minimum Gasteiger partial charge on any atom is -0.364 e. The average molecular weight is 1890 g/mol. The van der Waals surface area contributed by atoms with E-state index in [-0.39, 0.29) is 25.0 Å². The van der Waals surface area contributed by atoms with Crippen LogP contribution < -0.4 is 0 Å². The molecule has 1 saturated carbocycles. The Kier molecular flexibility index (Phi) is 57.3. The van der Waals surface area contributed by atoms with Gasteiger partial charge in [-0.05, 0) is 350 Å². The van der Waals surface area contributed by atoms with E-state index in [2.05, 4.69) is 379 Å². The van der Waals surface area contributed by atoms with Crippen molar-refractivity contribution in [2.45, 2.75) is 587 Å². The van der Waals surface area contributed by atoms with Gasteiger partial charge < -0.3 is 4.74 Å². The van der Waals surface area contributed by atoms with Gasteiger partial charge in [0.05, 0.1) is 19.9 Å². The fourth-order valence-corrected chi connectivity index (χ4v) is 26.3. The molecule has 1 aliphatic carbocycles. The topological polar surface area (TPSA) is 44.9 Å². The number of halogens is 3. The van der Waals surface area contributed by atoms with E-state index in [4.69, 9.17) is 4.74 Å². The Morgan fingerprint density at radius 2 is 0.697 bits per heavy atom. The van der Waals surface area contributed by atoms with Crippen molar-refractivity contribution in [2.24, 2.45) is 87.8 Å². The predicted molar refractivity (Wildman–Crippen MR) is 582 cm³/mol. The summed E-state index contributed by atoms with van der Waals surface area (Å²) in [6.45, 7) is 125. The molecule has 11 aliphatic heterocycles. The second kappa shape index (κ2) is 59.2. The molecule has 0 aromatic heterocycles. The fraction of sp³-hybridized carbons (Fsp3) is 1.00. The Balaban J connectivity index is 0.000000492. The molecule has 0 aromatic rings. The van der Waals surface area contributed by atoms with Crippen molar-refractivity contribution in [1.82, 2.24) is 53.9 Å². The van der Waals surface area contributed by atoms with Crippen LogP contribution in [0.2, 0.25) is 0 Å². The number of nitrogens with zero attached hydrogens (tertiary/aromatic N) is 11. The Bertz CT molecular complexity index is 2570. The zero-order valence-electron chi connectivity index (χ0n) is 98.0. The van der Waals surface area contributed by atoms with E-state index in [1.165, 1.54) is 128 Å². The maximum atomic E-state index is 13.1. The van der Waals surface area contributed by atoms with E-state index in [0.717, 1.165) is 169 Å². The summed E-state index contributed by atoms with van der Waals surface area (Å²) in [6, 6.07) is 14.9. The minimum atomic E-state index is -2.47. The molecule has 15 unspecified atom stereocenters. The molecule has 12 fully saturated rings. The lowest BCUT2D eigenvalue weighted by Crippen LogP contribution is -2.48. The zero-order chi connectivity index (χ0) is 102. The molecule has 15 atom stereocenters.